The molecule has 2 heterocycles. The average molecular weight is 334 g/mol. The number of aryl methyl sites for hydroxylation is 1. The Morgan fingerprint density at radius 1 is 1.25 bits per heavy atom. The molecule has 6 nitrogen and oxygen atoms in total. The van der Waals surface area contributed by atoms with Crippen LogP contribution in [0.15, 0.2) is 29.1 Å². The van der Waals surface area contributed by atoms with Gasteiger partial charge >= 0.3 is 0 Å². The van der Waals surface area contributed by atoms with E-state index >= 15 is 0 Å². The fraction of sp³-hybridized carbons (Fsp3) is 0.312. The Morgan fingerprint density at radius 3 is 2.46 bits per heavy atom. The third kappa shape index (κ3) is 2.69. The van der Waals surface area contributed by atoms with Crippen molar-refractivity contribution < 1.29 is 13.9 Å². The molecule has 3 aromatic rings. The lowest BCUT2D eigenvalue weighted by Crippen LogP contribution is -2.13. The highest BCUT2D eigenvalue weighted by Crippen LogP contribution is 2.25. The van der Waals surface area contributed by atoms with Crippen LogP contribution in [0.1, 0.15) is 42.0 Å². The van der Waals surface area contributed by atoms with Crippen molar-refractivity contribution in [3.8, 4) is 0 Å². The van der Waals surface area contributed by atoms with E-state index < -0.39 is 13.0 Å². The Kier molecular flexibility index (Phi) is 4.15. The number of nitrogens with zero attached hydrogens (tertiary/aromatic N) is 3. The van der Waals surface area contributed by atoms with Crippen molar-refractivity contribution in [2.24, 2.45) is 0 Å². The first-order valence-electron chi connectivity index (χ1n) is 7.39. The number of hydrogen-bond acceptors (Lipinski definition) is 4. The molecule has 0 fully saturated rings. The number of halogens is 2. The van der Waals surface area contributed by atoms with Gasteiger partial charge in [-0.05, 0) is 19.4 Å². The van der Waals surface area contributed by atoms with Gasteiger partial charge in [0.2, 0.25) is 0 Å². The molecule has 8 heteroatoms. The Balaban J connectivity index is 2.13. The number of nitrogens with one attached hydrogen (secondary N) is 1. The summed E-state index contributed by atoms with van der Waals surface area (Å²) in [5.74, 6) is 0.429. The SMILES string of the molecule is Cc1nc2c(c(CO)nn2[C@@H](C)c2ccc(C(F)F)cc2)c(=O)[nH]1. The minimum Gasteiger partial charge on any atom is -0.390 e. The fourth-order valence-corrected chi connectivity index (χ4v) is 2.67. The molecule has 0 aliphatic heterocycles. The van der Waals surface area contributed by atoms with E-state index in [1.165, 1.54) is 16.8 Å². The molecule has 0 saturated heterocycles. The summed E-state index contributed by atoms with van der Waals surface area (Å²) >= 11 is 0. The minimum absolute atomic E-state index is 0.0577. The maximum absolute atomic E-state index is 12.7. The highest BCUT2D eigenvalue weighted by molar-refractivity contribution is 5.77. The summed E-state index contributed by atoms with van der Waals surface area (Å²) in [6.07, 6.45) is -2.52. The van der Waals surface area contributed by atoms with Crippen molar-refractivity contribution in [3.05, 3.63) is 57.3 Å². The first kappa shape index (κ1) is 16.3. The lowest BCUT2D eigenvalue weighted by molar-refractivity contribution is 0.151. The Morgan fingerprint density at radius 2 is 1.88 bits per heavy atom. The van der Waals surface area contributed by atoms with Crippen molar-refractivity contribution >= 4 is 11.0 Å². The molecular weight excluding hydrogens is 318 g/mol. The molecule has 3 rings (SSSR count). The summed E-state index contributed by atoms with van der Waals surface area (Å²) in [4.78, 5) is 19.0. The van der Waals surface area contributed by atoms with Crippen molar-refractivity contribution in [1.29, 1.82) is 0 Å². The monoisotopic (exact) mass is 334 g/mol. The first-order valence-corrected chi connectivity index (χ1v) is 7.39. The molecule has 0 radical (unpaired) electrons. The molecule has 24 heavy (non-hydrogen) atoms. The van der Waals surface area contributed by atoms with Crippen LogP contribution in [0.3, 0.4) is 0 Å². The van der Waals surface area contributed by atoms with Gasteiger partial charge in [-0.3, -0.25) is 4.79 Å². The van der Waals surface area contributed by atoms with E-state index in [1.807, 2.05) is 6.92 Å². The Hall–Kier alpha value is -2.61. The zero-order chi connectivity index (χ0) is 17.4. The quantitative estimate of drug-likeness (QED) is 0.768. The van der Waals surface area contributed by atoms with Crippen LogP contribution in [0.25, 0.3) is 11.0 Å². The Bertz CT molecular complexity index is 932. The second-order valence-corrected chi connectivity index (χ2v) is 5.54. The summed E-state index contributed by atoms with van der Waals surface area (Å²) in [6, 6.07) is 5.57. The molecule has 1 atom stereocenters. The van der Waals surface area contributed by atoms with Gasteiger partial charge in [0.1, 0.15) is 16.9 Å². The van der Waals surface area contributed by atoms with Gasteiger partial charge in [0.15, 0.2) is 5.65 Å². The van der Waals surface area contributed by atoms with Crippen molar-refractivity contribution in [2.75, 3.05) is 0 Å². The van der Waals surface area contributed by atoms with Crippen LogP contribution < -0.4 is 5.56 Å². The molecule has 0 bridgehead atoms. The molecule has 0 aliphatic carbocycles. The number of H-pyrrole nitrogens is 1. The summed E-state index contributed by atoms with van der Waals surface area (Å²) in [6.45, 7) is 3.08. The first-order chi connectivity index (χ1) is 11.4. The van der Waals surface area contributed by atoms with Gasteiger partial charge in [0.25, 0.3) is 12.0 Å². The van der Waals surface area contributed by atoms with E-state index in [1.54, 1.807) is 19.1 Å². The number of hydrogen-bond donors (Lipinski definition) is 2. The average Bonchev–Trinajstić information content (AvgIpc) is 2.93. The summed E-state index contributed by atoms with van der Waals surface area (Å²) < 4.78 is 26.9. The topological polar surface area (TPSA) is 83.8 Å². The molecule has 0 amide bonds. The van der Waals surface area contributed by atoms with Gasteiger partial charge in [-0.15, -0.1) is 0 Å². The van der Waals surface area contributed by atoms with Crippen molar-refractivity contribution in [3.63, 3.8) is 0 Å². The van der Waals surface area contributed by atoms with Crippen LogP contribution in [0.5, 0.6) is 0 Å². The highest BCUT2D eigenvalue weighted by Gasteiger charge is 2.20. The van der Waals surface area contributed by atoms with Crippen LogP contribution in [0, 0.1) is 6.92 Å². The van der Waals surface area contributed by atoms with E-state index in [0.29, 0.717) is 11.5 Å². The number of aromatic nitrogens is 4. The lowest BCUT2D eigenvalue weighted by Gasteiger charge is -2.14. The minimum atomic E-state index is -2.52. The van der Waals surface area contributed by atoms with Crippen LogP contribution >= 0.6 is 0 Å². The van der Waals surface area contributed by atoms with E-state index in [9.17, 15) is 18.7 Å². The number of aromatic amines is 1. The molecule has 2 N–H and O–H groups in total. The van der Waals surface area contributed by atoms with Gasteiger partial charge in [0.05, 0.1) is 12.6 Å². The smallest absolute Gasteiger partial charge is 0.263 e. The lowest BCUT2D eigenvalue weighted by atomic mass is 10.1. The van der Waals surface area contributed by atoms with E-state index in [-0.39, 0.29) is 28.2 Å². The number of rotatable bonds is 4. The zero-order valence-corrected chi connectivity index (χ0v) is 13.1. The maximum Gasteiger partial charge on any atom is 0.263 e. The Labute approximate surface area is 135 Å². The van der Waals surface area contributed by atoms with Crippen LogP contribution in [0.2, 0.25) is 0 Å². The summed E-state index contributed by atoms with van der Waals surface area (Å²) in [7, 11) is 0. The molecule has 0 unspecified atom stereocenters. The third-order valence-corrected chi connectivity index (χ3v) is 3.94. The number of aliphatic hydroxyl groups excluding tert-OH is 1. The van der Waals surface area contributed by atoms with Gasteiger partial charge in [0, 0.05) is 5.56 Å². The summed E-state index contributed by atoms with van der Waals surface area (Å²) in [5, 5.41) is 14.0. The van der Waals surface area contributed by atoms with Crippen LogP contribution in [-0.4, -0.2) is 24.9 Å². The predicted octanol–water partition coefficient (Wildman–Crippen LogP) is 2.47. The van der Waals surface area contributed by atoms with Gasteiger partial charge < -0.3 is 10.1 Å². The fourth-order valence-electron chi connectivity index (χ4n) is 2.67. The maximum atomic E-state index is 12.7. The van der Waals surface area contributed by atoms with Crippen molar-refractivity contribution in [2.45, 2.75) is 32.9 Å². The molecule has 0 aliphatic rings. The van der Waals surface area contributed by atoms with E-state index in [0.717, 1.165) is 5.56 Å². The molecule has 0 saturated carbocycles. The largest absolute Gasteiger partial charge is 0.390 e. The number of alkyl halides is 2. The number of fused-ring (bicyclic) bond motifs is 1. The standard InChI is InChI=1S/C16H16F2N4O2/c1-8(10-3-5-11(6-4-10)14(17)18)22-15-13(12(7-23)21-22)16(24)20-9(2)19-15/h3-6,8,14,23H,7H2,1-2H3,(H,19,20,24)/t8-/m0/s1. The molecule has 2 aromatic heterocycles. The van der Waals surface area contributed by atoms with Crippen molar-refractivity contribution in [1.82, 2.24) is 19.7 Å². The molecule has 1 aromatic carbocycles. The predicted molar refractivity (Wildman–Crippen MR) is 84.0 cm³/mol. The van der Waals surface area contributed by atoms with E-state index in [2.05, 4.69) is 15.1 Å². The van der Waals surface area contributed by atoms with Gasteiger partial charge in [-0.2, -0.15) is 5.10 Å². The molecule has 126 valence electrons. The number of aliphatic hydroxyl groups is 1. The number of benzene rings is 1. The van der Waals surface area contributed by atoms with Gasteiger partial charge in [-0.1, -0.05) is 24.3 Å². The second-order valence-electron chi connectivity index (χ2n) is 5.54. The highest BCUT2D eigenvalue weighted by atomic mass is 19.3. The van der Waals surface area contributed by atoms with E-state index in [4.69, 9.17) is 0 Å². The zero-order valence-electron chi connectivity index (χ0n) is 13.1. The van der Waals surface area contributed by atoms with Crippen LogP contribution in [-0.2, 0) is 6.61 Å². The third-order valence-electron chi connectivity index (χ3n) is 3.94. The molecule has 0 spiro atoms. The second kappa shape index (κ2) is 6.12. The normalized spacial score (nSPS) is 12.9. The summed E-state index contributed by atoms with van der Waals surface area (Å²) in [5.41, 5.74) is 0.902. The van der Waals surface area contributed by atoms with Crippen LogP contribution in [0.4, 0.5) is 8.78 Å². The van der Waals surface area contributed by atoms with Gasteiger partial charge in [-0.25, -0.2) is 18.4 Å². The molecular formula is C16H16F2N4O2.